The van der Waals surface area contributed by atoms with Crippen LogP contribution in [0.15, 0.2) is 60.8 Å². The normalized spacial score (nSPS) is 13.2. The van der Waals surface area contributed by atoms with Crippen molar-refractivity contribution in [2.24, 2.45) is 11.8 Å². The van der Waals surface area contributed by atoms with Crippen LogP contribution >= 0.6 is 0 Å². The summed E-state index contributed by atoms with van der Waals surface area (Å²) in [6, 6.07) is 17.9. The first-order valence-electron chi connectivity index (χ1n) is 11.2. The van der Waals surface area contributed by atoms with E-state index in [2.05, 4.69) is 19.2 Å². The van der Waals surface area contributed by atoms with E-state index in [-0.39, 0.29) is 24.3 Å². The summed E-state index contributed by atoms with van der Waals surface area (Å²) in [4.78, 5) is 32.0. The standard InChI is InChI=1S/C26H30N4O2/c1-18(2)15-29(25(32)21-11-12-21)17-24(31)28-26-27-23(20-7-5-4-6-8-20)16-30(26)22-13-9-19(3)10-14-22/h4-10,13-14,16,18,21H,11-12,15,17H2,1-3H3,(H,27,28,31). The highest BCUT2D eigenvalue weighted by molar-refractivity contribution is 5.94. The number of carbonyl (C=O) groups is 2. The Bertz CT molecular complexity index is 1080. The molecule has 1 aliphatic rings. The molecule has 1 N–H and O–H groups in total. The highest BCUT2D eigenvalue weighted by atomic mass is 16.2. The summed E-state index contributed by atoms with van der Waals surface area (Å²) in [5.41, 5.74) is 3.81. The maximum Gasteiger partial charge on any atom is 0.246 e. The first-order valence-corrected chi connectivity index (χ1v) is 11.2. The Morgan fingerprint density at radius 1 is 1.09 bits per heavy atom. The van der Waals surface area contributed by atoms with E-state index in [1.165, 1.54) is 0 Å². The van der Waals surface area contributed by atoms with Gasteiger partial charge in [-0.25, -0.2) is 4.98 Å². The molecule has 0 unspecified atom stereocenters. The van der Waals surface area contributed by atoms with Crippen LogP contribution in [0.3, 0.4) is 0 Å². The molecular weight excluding hydrogens is 400 g/mol. The summed E-state index contributed by atoms with van der Waals surface area (Å²) in [6.07, 6.45) is 3.78. The molecule has 3 aromatic rings. The topological polar surface area (TPSA) is 67.2 Å². The lowest BCUT2D eigenvalue weighted by atomic mass is 10.2. The Labute approximate surface area is 189 Å². The van der Waals surface area contributed by atoms with Gasteiger partial charge in [-0.1, -0.05) is 61.9 Å². The van der Waals surface area contributed by atoms with Gasteiger partial charge >= 0.3 is 0 Å². The third-order valence-corrected chi connectivity index (χ3v) is 5.50. The first kappa shape index (κ1) is 21.8. The van der Waals surface area contributed by atoms with Gasteiger partial charge in [0.15, 0.2) is 0 Å². The first-order chi connectivity index (χ1) is 15.4. The number of imidazole rings is 1. The number of nitrogens with one attached hydrogen (secondary N) is 1. The van der Waals surface area contributed by atoms with Crippen molar-refractivity contribution in [3.63, 3.8) is 0 Å². The molecule has 1 fully saturated rings. The molecule has 1 saturated carbocycles. The van der Waals surface area contributed by atoms with Crippen molar-refractivity contribution in [1.82, 2.24) is 14.5 Å². The van der Waals surface area contributed by atoms with Crippen LogP contribution in [0.2, 0.25) is 0 Å². The molecule has 0 saturated heterocycles. The van der Waals surface area contributed by atoms with E-state index in [4.69, 9.17) is 4.98 Å². The van der Waals surface area contributed by atoms with Crippen molar-refractivity contribution in [3.05, 3.63) is 66.4 Å². The van der Waals surface area contributed by atoms with Gasteiger partial charge in [0.2, 0.25) is 17.8 Å². The summed E-state index contributed by atoms with van der Waals surface area (Å²) >= 11 is 0. The van der Waals surface area contributed by atoms with Crippen LogP contribution in [0.1, 0.15) is 32.3 Å². The van der Waals surface area contributed by atoms with Crippen molar-refractivity contribution in [2.45, 2.75) is 33.6 Å². The third-order valence-electron chi connectivity index (χ3n) is 5.50. The molecule has 0 bridgehead atoms. The zero-order chi connectivity index (χ0) is 22.7. The molecule has 0 radical (unpaired) electrons. The van der Waals surface area contributed by atoms with Gasteiger partial charge in [-0.2, -0.15) is 0 Å². The maximum atomic E-state index is 13.0. The Kier molecular flexibility index (Phi) is 6.40. The monoisotopic (exact) mass is 430 g/mol. The zero-order valence-electron chi connectivity index (χ0n) is 18.9. The van der Waals surface area contributed by atoms with Gasteiger partial charge in [0, 0.05) is 29.9 Å². The number of rotatable bonds is 8. The second-order valence-electron chi connectivity index (χ2n) is 8.96. The average molecular weight is 431 g/mol. The lowest BCUT2D eigenvalue weighted by Gasteiger charge is -2.24. The van der Waals surface area contributed by atoms with Crippen LogP contribution in [0.4, 0.5) is 5.95 Å². The highest BCUT2D eigenvalue weighted by Crippen LogP contribution is 2.31. The molecule has 1 aromatic heterocycles. The predicted molar refractivity (Wildman–Crippen MR) is 127 cm³/mol. The lowest BCUT2D eigenvalue weighted by molar-refractivity contribution is -0.136. The van der Waals surface area contributed by atoms with Crippen molar-refractivity contribution >= 4 is 17.8 Å². The Morgan fingerprint density at radius 3 is 2.41 bits per heavy atom. The molecule has 2 amide bonds. The molecule has 6 heteroatoms. The molecule has 1 heterocycles. The highest BCUT2D eigenvalue weighted by Gasteiger charge is 2.34. The Hall–Kier alpha value is -3.41. The molecule has 166 valence electrons. The van der Waals surface area contributed by atoms with E-state index in [1.54, 1.807) is 4.90 Å². The van der Waals surface area contributed by atoms with E-state index in [0.717, 1.165) is 35.3 Å². The van der Waals surface area contributed by atoms with Gasteiger partial charge in [-0.3, -0.25) is 19.5 Å². The number of carbonyl (C=O) groups excluding carboxylic acids is 2. The molecule has 0 atom stereocenters. The minimum atomic E-state index is -0.238. The van der Waals surface area contributed by atoms with Gasteiger partial charge in [-0.05, 0) is 37.8 Å². The van der Waals surface area contributed by atoms with E-state index in [9.17, 15) is 9.59 Å². The fraction of sp³-hybridized carbons (Fsp3) is 0.346. The van der Waals surface area contributed by atoms with Crippen molar-refractivity contribution < 1.29 is 9.59 Å². The van der Waals surface area contributed by atoms with E-state index in [0.29, 0.717) is 18.4 Å². The summed E-state index contributed by atoms with van der Waals surface area (Å²) in [5, 5.41) is 2.95. The third kappa shape index (κ3) is 5.25. The average Bonchev–Trinajstić information content (AvgIpc) is 3.54. The van der Waals surface area contributed by atoms with Gasteiger partial charge in [0.25, 0.3) is 0 Å². The molecular formula is C26H30N4O2. The lowest BCUT2D eigenvalue weighted by Crippen LogP contribution is -2.41. The second kappa shape index (κ2) is 9.39. The molecule has 0 aliphatic heterocycles. The van der Waals surface area contributed by atoms with Gasteiger partial charge in [0.05, 0.1) is 12.2 Å². The van der Waals surface area contributed by atoms with E-state index in [1.807, 2.05) is 72.3 Å². The summed E-state index contributed by atoms with van der Waals surface area (Å²) in [5.74, 6) is 0.672. The minimum Gasteiger partial charge on any atom is -0.333 e. The Morgan fingerprint density at radius 2 is 1.78 bits per heavy atom. The number of aromatic nitrogens is 2. The number of benzene rings is 2. The predicted octanol–water partition coefficient (Wildman–Crippen LogP) is 4.68. The fourth-order valence-electron chi connectivity index (χ4n) is 3.72. The number of hydrogen-bond acceptors (Lipinski definition) is 3. The number of amides is 2. The molecule has 32 heavy (non-hydrogen) atoms. The number of nitrogens with zero attached hydrogens (tertiary/aromatic N) is 3. The summed E-state index contributed by atoms with van der Waals surface area (Å²) in [7, 11) is 0. The number of anilines is 1. The van der Waals surface area contributed by atoms with Crippen LogP contribution in [0.5, 0.6) is 0 Å². The van der Waals surface area contributed by atoms with Crippen LogP contribution in [-0.2, 0) is 9.59 Å². The largest absolute Gasteiger partial charge is 0.333 e. The number of hydrogen-bond donors (Lipinski definition) is 1. The van der Waals surface area contributed by atoms with Gasteiger partial charge < -0.3 is 4.90 Å². The molecule has 6 nitrogen and oxygen atoms in total. The minimum absolute atomic E-state index is 0.0366. The molecule has 1 aliphatic carbocycles. The Balaban J connectivity index is 1.59. The molecule has 4 rings (SSSR count). The van der Waals surface area contributed by atoms with Crippen LogP contribution in [0.25, 0.3) is 16.9 Å². The maximum absolute atomic E-state index is 13.0. The van der Waals surface area contributed by atoms with E-state index >= 15 is 0 Å². The fourth-order valence-corrected chi connectivity index (χ4v) is 3.72. The van der Waals surface area contributed by atoms with Gasteiger partial charge in [-0.15, -0.1) is 0 Å². The van der Waals surface area contributed by atoms with Crippen LogP contribution in [0, 0.1) is 18.8 Å². The molecule has 2 aromatic carbocycles. The smallest absolute Gasteiger partial charge is 0.246 e. The van der Waals surface area contributed by atoms with Crippen LogP contribution in [-0.4, -0.2) is 39.4 Å². The summed E-state index contributed by atoms with van der Waals surface area (Å²) in [6.45, 7) is 6.76. The second-order valence-corrected chi connectivity index (χ2v) is 8.96. The van der Waals surface area contributed by atoms with Crippen molar-refractivity contribution in [2.75, 3.05) is 18.4 Å². The quantitative estimate of drug-likeness (QED) is 0.564. The van der Waals surface area contributed by atoms with Crippen molar-refractivity contribution in [3.8, 4) is 16.9 Å². The SMILES string of the molecule is Cc1ccc(-n2cc(-c3ccccc3)nc2NC(=O)CN(CC(C)C)C(=O)C2CC2)cc1. The van der Waals surface area contributed by atoms with Gasteiger partial charge in [0.1, 0.15) is 0 Å². The summed E-state index contributed by atoms with van der Waals surface area (Å²) < 4.78 is 1.88. The van der Waals surface area contributed by atoms with Crippen LogP contribution < -0.4 is 5.32 Å². The molecule has 0 spiro atoms. The van der Waals surface area contributed by atoms with E-state index < -0.39 is 0 Å². The van der Waals surface area contributed by atoms with Crippen molar-refractivity contribution in [1.29, 1.82) is 0 Å². The number of aryl methyl sites for hydroxylation is 1. The zero-order valence-corrected chi connectivity index (χ0v) is 18.9.